The molecule has 1 aliphatic carbocycles. The number of rotatable bonds is 12. The normalized spacial score (nSPS) is 18.3. The van der Waals surface area contributed by atoms with Crippen LogP contribution in [0.15, 0.2) is 54.3 Å². The molecule has 0 heterocycles. The van der Waals surface area contributed by atoms with E-state index < -0.39 is 49.7 Å². The molecule has 0 bridgehead atoms. The van der Waals surface area contributed by atoms with Gasteiger partial charge in [0.05, 0.1) is 3.57 Å². The standard InChI is InChI=1S/C26H25F6IO6/c1-2-36-22(23(34)35)14-18-8-9-21(20(33)13-18)37-12-5-3-4-10-24(39-17-26(30,31)32)11-6-7-19(15-24)38-16-25(27,28)29/h3,5-9,11,13,22H,2,12,14-17H2,1H3,(H,34,35)/b5-3+/t22-,24?/m0/s1. The number of aliphatic carboxylic acids is 1. The van der Waals surface area contributed by atoms with Crippen LogP contribution in [0.3, 0.4) is 0 Å². The quantitative estimate of drug-likeness (QED) is 0.167. The van der Waals surface area contributed by atoms with E-state index >= 15 is 0 Å². The van der Waals surface area contributed by atoms with Crippen molar-refractivity contribution in [3.63, 3.8) is 0 Å². The third-order valence-electron chi connectivity index (χ3n) is 4.88. The van der Waals surface area contributed by atoms with Gasteiger partial charge in [-0.25, -0.2) is 4.79 Å². The van der Waals surface area contributed by atoms with Gasteiger partial charge >= 0.3 is 18.3 Å². The minimum absolute atomic E-state index is 0.0484. The zero-order valence-corrected chi connectivity index (χ0v) is 22.7. The SMILES string of the molecule is CCO[C@@H](Cc1ccc(OC/C=C/C#CC2(OCC(F)(F)F)C=CC=C(OCC(F)(F)F)C2)c(I)c1)C(=O)O. The summed E-state index contributed by atoms with van der Waals surface area (Å²) in [4.78, 5) is 11.3. The van der Waals surface area contributed by atoms with E-state index in [0.29, 0.717) is 5.75 Å². The Balaban J connectivity index is 2.02. The Bertz CT molecular complexity index is 1130. The number of ether oxygens (including phenoxy) is 4. The molecule has 1 aromatic carbocycles. The molecule has 214 valence electrons. The highest BCUT2D eigenvalue weighted by atomic mass is 127. The number of benzene rings is 1. The summed E-state index contributed by atoms with van der Waals surface area (Å²) in [6, 6.07) is 5.14. The number of halogens is 7. The molecule has 0 aromatic heterocycles. The molecule has 0 amide bonds. The second-order valence-electron chi connectivity index (χ2n) is 8.10. The summed E-state index contributed by atoms with van der Waals surface area (Å²) < 4.78 is 96.9. The van der Waals surface area contributed by atoms with E-state index in [0.717, 1.165) is 9.13 Å². The summed E-state index contributed by atoms with van der Waals surface area (Å²) >= 11 is 2.03. The first-order valence-electron chi connectivity index (χ1n) is 11.4. The predicted octanol–water partition coefficient (Wildman–Crippen LogP) is 6.00. The zero-order valence-electron chi connectivity index (χ0n) is 20.6. The smallest absolute Gasteiger partial charge is 0.422 e. The Kier molecular flexibility index (Phi) is 12.2. The molecule has 13 heteroatoms. The van der Waals surface area contributed by atoms with Crippen LogP contribution in [0.4, 0.5) is 26.3 Å². The molecule has 6 nitrogen and oxygen atoms in total. The molecule has 2 atom stereocenters. The van der Waals surface area contributed by atoms with Crippen LogP contribution in [-0.4, -0.2) is 61.6 Å². The van der Waals surface area contributed by atoms with Crippen molar-refractivity contribution >= 4 is 28.6 Å². The van der Waals surface area contributed by atoms with Gasteiger partial charge in [0.25, 0.3) is 0 Å². The van der Waals surface area contributed by atoms with Crippen LogP contribution in [-0.2, 0) is 25.4 Å². The van der Waals surface area contributed by atoms with Crippen molar-refractivity contribution in [2.24, 2.45) is 0 Å². The average Bonchev–Trinajstić information content (AvgIpc) is 2.84. The van der Waals surface area contributed by atoms with Gasteiger partial charge in [-0.05, 0) is 71.5 Å². The van der Waals surface area contributed by atoms with E-state index in [1.54, 1.807) is 25.1 Å². The number of hydrogen-bond acceptors (Lipinski definition) is 5. The average molecular weight is 674 g/mol. The van der Waals surface area contributed by atoms with Crippen LogP contribution < -0.4 is 4.74 Å². The molecule has 0 spiro atoms. The number of allylic oxidation sites excluding steroid dienone is 3. The fourth-order valence-corrected chi connectivity index (χ4v) is 3.96. The summed E-state index contributed by atoms with van der Waals surface area (Å²) in [5.74, 6) is 4.31. The zero-order chi connectivity index (χ0) is 29.1. The van der Waals surface area contributed by atoms with Gasteiger partial charge in [-0.2, -0.15) is 26.3 Å². The maximum Gasteiger partial charge on any atom is 0.422 e. The van der Waals surface area contributed by atoms with Gasteiger partial charge in [-0.3, -0.25) is 0 Å². The third-order valence-corrected chi connectivity index (χ3v) is 5.72. The van der Waals surface area contributed by atoms with Crippen LogP contribution in [0.25, 0.3) is 0 Å². The van der Waals surface area contributed by atoms with Crippen molar-refractivity contribution in [3.05, 3.63) is 63.5 Å². The van der Waals surface area contributed by atoms with Gasteiger partial charge < -0.3 is 24.1 Å². The molecule has 1 unspecified atom stereocenters. The fraction of sp³-hybridized carbons (Fsp3) is 0.423. The van der Waals surface area contributed by atoms with Gasteiger partial charge in [0.15, 0.2) is 18.3 Å². The second kappa shape index (κ2) is 14.6. The minimum Gasteiger partial charge on any atom is -0.488 e. The number of carboxylic acid groups (broad SMARTS) is 1. The van der Waals surface area contributed by atoms with E-state index in [4.69, 9.17) is 14.2 Å². The molecular weight excluding hydrogens is 649 g/mol. The van der Waals surface area contributed by atoms with Gasteiger partial charge in [-0.1, -0.05) is 24.0 Å². The summed E-state index contributed by atoms with van der Waals surface area (Å²) in [7, 11) is 0. The van der Waals surface area contributed by atoms with Crippen LogP contribution in [0.5, 0.6) is 5.75 Å². The van der Waals surface area contributed by atoms with Crippen LogP contribution >= 0.6 is 22.6 Å². The second-order valence-corrected chi connectivity index (χ2v) is 9.26. The highest BCUT2D eigenvalue weighted by Gasteiger charge is 2.37. The lowest BCUT2D eigenvalue weighted by Crippen LogP contribution is -2.35. The van der Waals surface area contributed by atoms with Gasteiger partial charge in [0.2, 0.25) is 0 Å². The Morgan fingerprint density at radius 1 is 1.18 bits per heavy atom. The van der Waals surface area contributed by atoms with Crippen molar-refractivity contribution in [1.29, 1.82) is 0 Å². The molecule has 39 heavy (non-hydrogen) atoms. The lowest BCUT2D eigenvalue weighted by molar-refractivity contribution is -0.191. The third kappa shape index (κ3) is 12.3. The van der Waals surface area contributed by atoms with Crippen molar-refractivity contribution in [2.45, 2.75) is 43.8 Å². The summed E-state index contributed by atoms with van der Waals surface area (Å²) in [6.07, 6.45) is -4.05. The number of carboxylic acids is 1. The molecule has 0 radical (unpaired) electrons. The van der Waals surface area contributed by atoms with Crippen molar-refractivity contribution in [1.82, 2.24) is 0 Å². The minimum atomic E-state index is -4.68. The van der Waals surface area contributed by atoms with Crippen LogP contribution in [0.1, 0.15) is 18.9 Å². The van der Waals surface area contributed by atoms with Gasteiger partial charge in [0, 0.05) is 19.4 Å². The van der Waals surface area contributed by atoms with Crippen molar-refractivity contribution in [2.75, 3.05) is 26.4 Å². The van der Waals surface area contributed by atoms with E-state index in [9.17, 15) is 36.2 Å². The molecule has 0 saturated heterocycles. The van der Waals surface area contributed by atoms with E-state index in [1.165, 1.54) is 30.4 Å². The maximum atomic E-state index is 12.8. The molecule has 0 fully saturated rings. The Hall–Kier alpha value is -2.70. The molecule has 0 aliphatic heterocycles. The monoisotopic (exact) mass is 674 g/mol. The fourth-order valence-electron chi connectivity index (χ4n) is 3.22. The Morgan fingerprint density at radius 3 is 2.51 bits per heavy atom. The molecule has 0 saturated carbocycles. The van der Waals surface area contributed by atoms with Gasteiger partial charge in [0.1, 0.15) is 24.7 Å². The summed E-state index contributed by atoms with van der Waals surface area (Å²) in [6.45, 7) is -1.24. The molecule has 1 N–H and O–H groups in total. The summed E-state index contributed by atoms with van der Waals surface area (Å²) in [5.41, 5.74) is -1.09. The van der Waals surface area contributed by atoms with E-state index in [-0.39, 0.29) is 25.4 Å². The molecule has 2 rings (SSSR count). The van der Waals surface area contributed by atoms with Crippen LogP contribution in [0, 0.1) is 15.4 Å². The highest BCUT2D eigenvalue weighted by molar-refractivity contribution is 14.1. The first-order chi connectivity index (χ1) is 18.2. The highest BCUT2D eigenvalue weighted by Crippen LogP contribution is 2.31. The first-order valence-corrected chi connectivity index (χ1v) is 12.5. The van der Waals surface area contributed by atoms with Crippen LogP contribution in [0.2, 0.25) is 0 Å². The van der Waals surface area contributed by atoms with Gasteiger partial charge in [-0.15, -0.1) is 0 Å². The lowest BCUT2D eigenvalue weighted by atomic mass is 9.94. The Morgan fingerprint density at radius 2 is 1.90 bits per heavy atom. The van der Waals surface area contributed by atoms with Crippen molar-refractivity contribution < 1.29 is 55.2 Å². The topological polar surface area (TPSA) is 74.2 Å². The molecule has 1 aromatic rings. The first kappa shape index (κ1) is 32.5. The largest absolute Gasteiger partial charge is 0.488 e. The number of carbonyl (C=O) groups is 1. The maximum absolute atomic E-state index is 12.8. The van der Waals surface area contributed by atoms with E-state index in [1.807, 2.05) is 22.6 Å². The molecule has 1 aliphatic rings. The lowest BCUT2D eigenvalue weighted by Gasteiger charge is -2.29. The predicted molar refractivity (Wildman–Crippen MR) is 137 cm³/mol. The summed E-state index contributed by atoms with van der Waals surface area (Å²) in [5, 5.41) is 9.23. The molecular formula is C26H25F6IO6. The van der Waals surface area contributed by atoms with Crippen molar-refractivity contribution in [3.8, 4) is 17.6 Å². The Labute approximate surface area is 234 Å². The number of alkyl halides is 6. The van der Waals surface area contributed by atoms with E-state index in [2.05, 4.69) is 16.6 Å². The number of hydrogen-bond donors (Lipinski definition) is 1.